The summed E-state index contributed by atoms with van der Waals surface area (Å²) in [7, 11) is 0. The summed E-state index contributed by atoms with van der Waals surface area (Å²) in [6, 6.07) is 12.0. The fourth-order valence-corrected chi connectivity index (χ4v) is 5.11. The first-order valence-corrected chi connectivity index (χ1v) is 11.7. The Morgan fingerprint density at radius 1 is 1.06 bits per heavy atom. The fraction of sp³-hybridized carbons (Fsp3) is 0.136. The number of amides is 1. The van der Waals surface area contributed by atoms with E-state index in [1.807, 2.05) is 17.5 Å². The molecule has 1 N–H and O–H groups in total. The van der Waals surface area contributed by atoms with E-state index in [-0.39, 0.29) is 30.2 Å². The van der Waals surface area contributed by atoms with Crippen LogP contribution in [0.2, 0.25) is 0 Å². The standard InChI is InChI=1S/C22H17N5O4S2/c1-13(28)14-4-2-5-15(10-14)23-18(29)12-26-22(31)27-17-7-9-33-19(17)20(30)25(21(27)24-26)11-16-6-3-8-32-16/h2-10H,11-12H2,1H3,(H,23,29). The number of anilines is 1. The topological polar surface area (TPSA) is 107 Å². The Labute approximate surface area is 194 Å². The zero-order valence-corrected chi connectivity index (χ0v) is 19.0. The van der Waals surface area contributed by atoms with E-state index in [1.165, 1.54) is 38.6 Å². The summed E-state index contributed by atoms with van der Waals surface area (Å²) >= 11 is 2.76. The molecule has 1 aromatic carbocycles. The third-order valence-corrected chi connectivity index (χ3v) is 6.88. The van der Waals surface area contributed by atoms with Crippen LogP contribution in [0.5, 0.6) is 0 Å². The average Bonchev–Trinajstić information content (AvgIpc) is 3.53. The lowest BCUT2D eigenvalue weighted by Crippen LogP contribution is -2.29. The van der Waals surface area contributed by atoms with Gasteiger partial charge in [-0.2, -0.15) is 0 Å². The third kappa shape index (κ3) is 3.81. The van der Waals surface area contributed by atoms with Gasteiger partial charge < -0.3 is 5.32 Å². The van der Waals surface area contributed by atoms with E-state index in [0.29, 0.717) is 21.5 Å². The van der Waals surface area contributed by atoms with E-state index in [9.17, 15) is 19.2 Å². The summed E-state index contributed by atoms with van der Waals surface area (Å²) < 4.78 is 4.31. The van der Waals surface area contributed by atoms with Crippen molar-refractivity contribution in [1.29, 1.82) is 0 Å². The molecule has 1 amide bonds. The maximum absolute atomic E-state index is 13.2. The number of aromatic nitrogens is 4. The van der Waals surface area contributed by atoms with Gasteiger partial charge in [0, 0.05) is 16.1 Å². The molecule has 0 aliphatic heterocycles. The van der Waals surface area contributed by atoms with Crippen molar-refractivity contribution in [1.82, 2.24) is 18.7 Å². The molecule has 4 heterocycles. The molecule has 5 rings (SSSR count). The molecule has 0 fully saturated rings. The molecule has 0 aliphatic carbocycles. The number of hydrogen-bond donors (Lipinski definition) is 1. The molecule has 0 saturated heterocycles. The predicted octanol–water partition coefficient (Wildman–Crippen LogP) is 2.82. The Bertz CT molecular complexity index is 1640. The number of nitrogens with zero attached hydrogens (tertiary/aromatic N) is 4. The molecular weight excluding hydrogens is 462 g/mol. The van der Waals surface area contributed by atoms with Gasteiger partial charge in [0.2, 0.25) is 11.7 Å². The highest BCUT2D eigenvalue weighted by atomic mass is 32.1. The van der Waals surface area contributed by atoms with Crippen LogP contribution in [0.4, 0.5) is 5.69 Å². The number of nitrogens with one attached hydrogen (secondary N) is 1. The van der Waals surface area contributed by atoms with Crippen LogP contribution < -0.4 is 16.6 Å². The summed E-state index contributed by atoms with van der Waals surface area (Å²) in [5, 5.41) is 10.7. The molecule has 11 heteroatoms. The molecule has 0 aliphatic rings. The smallest absolute Gasteiger partial charge is 0.324 e. The van der Waals surface area contributed by atoms with Crippen LogP contribution in [0, 0.1) is 0 Å². The Hall–Kier alpha value is -3.83. The summed E-state index contributed by atoms with van der Waals surface area (Å²) in [5.41, 5.74) is 0.632. The van der Waals surface area contributed by atoms with Crippen LogP contribution in [0.25, 0.3) is 16.0 Å². The summed E-state index contributed by atoms with van der Waals surface area (Å²) in [6.07, 6.45) is 0. The minimum Gasteiger partial charge on any atom is -0.324 e. The molecule has 5 aromatic rings. The van der Waals surface area contributed by atoms with Crippen LogP contribution in [-0.4, -0.2) is 30.4 Å². The average molecular weight is 480 g/mol. The molecule has 33 heavy (non-hydrogen) atoms. The third-order valence-electron chi connectivity index (χ3n) is 5.13. The van der Waals surface area contributed by atoms with Crippen molar-refractivity contribution in [2.24, 2.45) is 0 Å². The van der Waals surface area contributed by atoms with Gasteiger partial charge >= 0.3 is 5.69 Å². The second-order valence-electron chi connectivity index (χ2n) is 7.37. The number of carbonyl (C=O) groups excluding carboxylic acids is 2. The molecule has 9 nitrogen and oxygen atoms in total. The number of Topliss-reactive ketones (excluding diaryl/α,β-unsaturated/α-hetero) is 1. The van der Waals surface area contributed by atoms with Crippen LogP contribution in [-0.2, 0) is 17.9 Å². The van der Waals surface area contributed by atoms with Gasteiger partial charge in [-0.3, -0.25) is 19.0 Å². The predicted molar refractivity (Wildman–Crippen MR) is 128 cm³/mol. The highest BCUT2D eigenvalue weighted by molar-refractivity contribution is 7.17. The Morgan fingerprint density at radius 2 is 1.91 bits per heavy atom. The van der Waals surface area contributed by atoms with Crippen LogP contribution in [0.1, 0.15) is 22.2 Å². The summed E-state index contributed by atoms with van der Waals surface area (Å²) in [5.74, 6) is -0.420. The normalized spacial score (nSPS) is 11.3. The lowest BCUT2D eigenvalue weighted by atomic mass is 10.1. The van der Waals surface area contributed by atoms with Crippen LogP contribution in [0.3, 0.4) is 0 Å². The van der Waals surface area contributed by atoms with E-state index in [0.717, 1.165) is 9.56 Å². The Morgan fingerprint density at radius 3 is 2.67 bits per heavy atom. The van der Waals surface area contributed by atoms with E-state index >= 15 is 0 Å². The monoisotopic (exact) mass is 479 g/mol. The number of rotatable bonds is 6. The Kier molecular flexibility index (Phi) is 5.27. The molecule has 0 atom stereocenters. The Balaban J connectivity index is 1.54. The second kappa shape index (κ2) is 8.26. The number of carbonyl (C=O) groups is 2. The molecule has 166 valence electrons. The van der Waals surface area contributed by atoms with Crippen LogP contribution in [0.15, 0.2) is 62.8 Å². The fourth-order valence-electron chi connectivity index (χ4n) is 3.59. The lowest BCUT2D eigenvalue weighted by molar-refractivity contribution is -0.117. The van der Waals surface area contributed by atoms with Crippen molar-refractivity contribution in [2.45, 2.75) is 20.0 Å². The molecule has 0 saturated carbocycles. The van der Waals surface area contributed by atoms with Crippen molar-refractivity contribution in [3.63, 3.8) is 0 Å². The van der Waals surface area contributed by atoms with E-state index in [2.05, 4.69) is 10.4 Å². The number of thiophene rings is 2. The SMILES string of the molecule is CC(=O)c1cccc(NC(=O)Cn2nc3n(Cc4cccs4)c(=O)c4sccc4n3c2=O)c1. The molecular formula is C22H17N5O4S2. The zero-order valence-electron chi connectivity index (χ0n) is 17.3. The number of fused-ring (bicyclic) bond motifs is 3. The van der Waals surface area contributed by atoms with Gasteiger partial charge in [-0.05, 0) is 41.9 Å². The van der Waals surface area contributed by atoms with Gasteiger partial charge in [-0.15, -0.1) is 27.8 Å². The second-order valence-corrected chi connectivity index (χ2v) is 9.31. The summed E-state index contributed by atoms with van der Waals surface area (Å²) in [4.78, 5) is 51.4. The highest BCUT2D eigenvalue weighted by Crippen LogP contribution is 2.19. The van der Waals surface area contributed by atoms with E-state index < -0.39 is 11.6 Å². The number of ketones is 1. The van der Waals surface area contributed by atoms with Gasteiger partial charge in [0.25, 0.3) is 5.56 Å². The summed E-state index contributed by atoms with van der Waals surface area (Å²) in [6.45, 7) is 1.37. The first-order chi connectivity index (χ1) is 15.9. The van der Waals surface area contributed by atoms with Crippen molar-refractivity contribution >= 4 is 56.0 Å². The minimum absolute atomic E-state index is 0.119. The van der Waals surface area contributed by atoms with Gasteiger partial charge in [0.15, 0.2) is 5.78 Å². The van der Waals surface area contributed by atoms with Crippen molar-refractivity contribution < 1.29 is 9.59 Å². The maximum atomic E-state index is 13.2. The van der Waals surface area contributed by atoms with Gasteiger partial charge in [0.1, 0.15) is 11.2 Å². The van der Waals surface area contributed by atoms with E-state index in [4.69, 9.17) is 0 Å². The molecule has 0 bridgehead atoms. The molecule has 0 spiro atoms. The van der Waals surface area contributed by atoms with Gasteiger partial charge in [-0.25, -0.2) is 13.9 Å². The molecule has 0 radical (unpaired) electrons. The van der Waals surface area contributed by atoms with Gasteiger partial charge in [-0.1, -0.05) is 18.2 Å². The van der Waals surface area contributed by atoms with Crippen molar-refractivity contribution in [3.05, 3.63) is 84.5 Å². The minimum atomic E-state index is -0.513. The van der Waals surface area contributed by atoms with E-state index in [1.54, 1.807) is 35.7 Å². The zero-order chi connectivity index (χ0) is 23.1. The molecule has 4 aromatic heterocycles. The lowest BCUT2D eigenvalue weighted by Gasteiger charge is -2.06. The van der Waals surface area contributed by atoms with Crippen molar-refractivity contribution in [3.8, 4) is 0 Å². The first-order valence-electron chi connectivity index (χ1n) is 9.95. The quantitative estimate of drug-likeness (QED) is 0.377. The van der Waals surface area contributed by atoms with Crippen molar-refractivity contribution in [2.75, 3.05) is 5.32 Å². The maximum Gasteiger partial charge on any atom is 0.352 e. The van der Waals surface area contributed by atoms with Gasteiger partial charge in [0.05, 0.1) is 12.1 Å². The van der Waals surface area contributed by atoms with Crippen LogP contribution >= 0.6 is 22.7 Å². The number of hydrogen-bond acceptors (Lipinski definition) is 7. The number of benzene rings is 1. The first kappa shape index (κ1) is 21.0. The highest BCUT2D eigenvalue weighted by Gasteiger charge is 2.20. The molecule has 0 unspecified atom stereocenters. The largest absolute Gasteiger partial charge is 0.352 e.